The maximum Gasteiger partial charge on any atom is 0.347 e. The van der Waals surface area contributed by atoms with Gasteiger partial charge >= 0.3 is 5.97 Å². The van der Waals surface area contributed by atoms with E-state index in [1.807, 2.05) is 6.07 Å². The summed E-state index contributed by atoms with van der Waals surface area (Å²) < 4.78 is 15.9. The molecule has 2 heterocycles. The van der Waals surface area contributed by atoms with Crippen molar-refractivity contribution in [1.29, 1.82) is 0 Å². The monoisotopic (exact) mass is 409 g/mol. The molecule has 0 aliphatic carbocycles. The van der Waals surface area contributed by atoms with Crippen LogP contribution in [0.25, 0.3) is 10.9 Å². The Labute approximate surface area is 171 Å². The van der Waals surface area contributed by atoms with Gasteiger partial charge in [0.25, 0.3) is 5.56 Å². The molecule has 2 aromatic carbocycles. The predicted octanol–water partition coefficient (Wildman–Crippen LogP) is 2.70. The van der Waals surface area contributed by atoms with Gasteiger partial charge < -0.3 is 24.0 Å². The molecule has 9 heteroatoms. The summed E-state index contributed by atoms with van der Waals surface area (Å²) in [5, 5.41) is 4.41. The van der Waals surface area contributed by atoms with Gasteiger partial charge in [0.15, 0.2) is 23.4 Å². The second kappa shape index (κ2) is 8.24. The van der Waals surface area contributed by atoms with E-state index in [1.54, 1.807) is 50.2 Å². The Morgan fingerprint density at radius 3 is 2.90 bits per heavy atom. The number of aromatic amines is 1. The molecule has 1 N–H and O–H groups in total. The first-order chi connectivity index (χ1) is 14.5. The van der Waals surface area contributed by atoms with Gasteiger partial charge in [-0.25, -0.2) is 9.78 Å². The van der Waals surface area contributed by atoms with E-state index in [2.05, 4.69) is 15.1 Å². The molecule has 1 aliphatic heterocycles. The predicted molar refractivity (Wildman–Crippen MR) is 108 cm³/mol. The molecule has 0 saturated heterocycles. The number of fused-ring (bicyclic) bond motifs is 2. The molecule has 3 aromatic rings. The van der Waals surface area contributed by atoms with Crippen LogP contribution in [0.3, 0.4) is 0 Å². The molecule has 0 bridgehead atoms. The molecule has 0 amide bonds. The average molecular weight is 409 g/mol. The van der Waals surface area contributed by atoms with Gasteiger partial charge in [0.05, 0.1) is 16.6 Å². The van der Waals surface area contributed by atoms with Crippen LogP contribution in [0.2, 0.25) is 0 Å². The third kappa shape index (κ3) is 4.09. The summed E-state index contributed by atoms with van der Waals surface area (Å²) in [4.78, 5) is 36.3. The standard InChI is InChI=1S/C21H19N3O6/c1-12(14-7-8-17-18(9-14)28-11-27-17)24-29-10-19(25)30-13(2)20-22-16-6-4-3-5-15(16)21(26)23-20/h3-9,13H,10-11H2,1-2H3,(H,22,23,26)/b24-12-/t13-/m1/s1. The van der Waals surface area contributed by atoms with Crippen LogP contribution in [-0.2, 0) is 14.4 Å². The molecule has 0 fully saturated rings. The number of esters is 1. The van der Waals surface area contributed by atoms with Crippen LogP contribution in [0, 0.1) is 0 Å². The summed E-state index contributed by atoms with van der Waals surface area (Å²) in [5.41, 5.74) is 1.58. The fourth-order valence-electron chi connectivity index (χ4n) is 2.94. The molecule has 1 aromatic heterocycles. The minimum absolute atomic E-state index is 0.187. The Kier molecular flexibility index (Phi) is 5.34. The van der Waals surface area contributed by atoms with Crippen LogP contribution < -0.4 is 15.0 Å². The number of para-hydroxylation sites is 1. The minimum atomic E-state index is -0.752. The first-order valence-corrected chi connectivity index (χ1v) is 9.26. The van der Waals surface area contributed by atoms with Crippen LogP contribution in [0.15, 0.2) is 52.4 Å². The molecule has 0 radical (unpaired) electrons. The van der Waals surface area contributed by atoms with Crippen molar-refractivity contribution in [3.63, 3.8) is 0 Å². The van der Waals surface area contributed by atoms with Crippen molar-refractivity contribution >= 4 is 22.6 Å². The zero-order valence-electron chi connectivity index (χ0n) is 16.4. The van der Waals surface area contributed by atoms with Gasteiger partial charge in [-0.05, 0) is 44.2 Å². The zero-order valence-corrected chi connectivity index (χ0v) is 16.4. The van der Waals surface area contributed by atoms with Crippen molar-refractivity contribution < 1.29 is 23.8 Å². The molecule has 9 nitrogen and oxygen atoms in total. The van der Waals surface area contributed by atoms with Crippen LogP contribution in [0.4, 0.5) is 0 Å². The van der Waals surface area contributed by atoms with Crippen molar-refractivity contribution in [1.82, 2.24) is 9.97 Å². The summed E-state index contributed by atoms with van der Waals surface area (Å²) in [6, 6.07) is 12.3. The molecule has 30 heavy (non-hydrogen) atoms. The van der Waals surface area contributed by atoms with Gasteiger partial charge in [0, 0.05) is 5.56 Å². The molecule has 0 spiro atoms. The topological polar surface area (TPSA) is 112 Å². The number of rotatable bonds is 6. The summed E-state index contributed by atoms with van der Waals surface area (Å²) in [6.07, 6.45) is -0.752. The van der Waals surface area contributed by atoms with E-state index in [0.717, 1.165) is 5.56 Å². The smallest absolute Gasteiger partial charge is 0.347 e. The van der Waals surface area contributed by atoms with E-state index in [-0.39, 0.29) is 24.8 Å². The fourth-order valence-corrected chi connectivity index (χ4v) is 2.94. The van der Waals surface area contributed by atoms with Gasteiger partial charge in [-0.15, -0.1) is 0 Å². The fraction of sp³-hybridized carbons (Fsp3) is 0.238. The number of nitrogens with zero attached hydrogens (tertiary/aromatic N) is 2. The number of aromatic nitrogens is 2. The molecule has 0 saturated carbocycles. The van der Waals surface area contributed by atoms with Gasteiger partial charge in [0.2, 0.25) is 13.4 Å². The van der Waals surface area contributed by atoms with E-state index in [0.29, 0.717) is 28.1 Å². The number of ether oxygens (including phenoxy) is 3. The Balaban J connectivity index is 1.35. The lowest BCUT2D eigenvalue weighted by atomic mass is 10.1. The molecule has 154 valence electrons. The van der Waals surface area contributed by atoms with E-state index in [9.17, 15) is 9.59 Å². The zero-order chi connectivity index (χ0) is 21.1. The van der Waals surface area contributed by atoms with E-state index < -0.39 is 12.1 Å². The molecule has 1 aliphatic rings. The first kappa shape index (κ1) is 19.4. The Bertz CT molecular complexity index is 1190. The number of carbonyl (C=O) groups excluding carboxylic acids is 1. The van der Waals surface area contributed by atoms with E-state index in [4.69, 9.17) is 19.0 Å². The molecule has 1 atom stereocenters. The highest BCUT2D eigenvalue weighted by atomic mass is 16.7. The summed E-state index contributed by atoms with van der Waals surface area (Å²) in [6.45, 7) is 3.16. The first-order valence-electron chi connectivity index (χ1n) is 9.26. The third-order valence-electron chi connectivity index (χ3n) is 4.50. The maximum atomic E-state index is 12.1. The Hall–Kier alpha value is -3.88. The highest BCUT2D eigenvalue weighted by molar-refractivity contribution is 5.99. The summed E-state index contributed by atoms with van der Waals surface area (Å²) >= 11 is 0. The lowest BCUT2D eigenvalue weighted by Crippen LogP contribution is -2.19. The molecular formula is C21H19N3O6. The second-order valence-corrected chi connectivity index (χ2v) is 6.62. The largest absolute Gasteiger partial charge is 0.454 e. The number of carbonyl (C=O) groups is 1. The number of oxime groups is 1. The molecule has 4 rings (SSSR count). The SMILES string of the molecule is C/C(=N/OCC(=O)O[C@H](C)c1nc2ccccc2c(=O)[nH]1)c1ccc2c(c1)OCO2. The van der Waals surface area contributed by atoms with Crippen molar-refractivity contribution in [2.75, 3.05) is 13.4 Å². The molecule has 0 unspecified atom stereocenters. The number of hydrogen-bond donors (Lipinski definition) is 1. The van der Waals surface area contributed by atoms with Gasteiger partial charge in [-0.2, -0.15) is 0 Å². The van der Waals surface area contributed by atoms with Crippen LogP contribution >= 0.6 is 0 Å². The average Bonchev–Trinajstić information content (AvgIpc) is 3.21. The van der Waals surface area contributed by atoms with Crippen LogP contribution in [0.1, 0.15) is 31.3 Å². The van der Waals surface area contributed by atoms with Gasteiger partial charge in [-0.1, -0.05) is 17.3 Å². The highest BCUT2D eigenvalue weighted by Crippen LogP contribution is 2.32. The van der Waals surface area contributed by atoms with Crippen LogP contribution in [-0.4, -0.2) is 35.0 Å². The summed E-state index contributed by atoms with van der Waals surface area (Å²) in [7, 11) is 0. The van der Waals surface area contributed by atoms with Crippen molar-refractivity contribution in [2.45, 2.75) is 20.0 Å². The number of H-pyrrole nitrogens is 1. The second-order valence-electron chi connectivity index (χ2n) is 6.62. The van der Waals surface area contributed by atoms with Crippen molar-refractivity contribution in [2.24, 2.45) is 5.16 Å². The lowest BCUT2D eigenvalue weighted by Gasteiger charge is -2.12. The highest BCUT2D eigenvalue weighted by Gasteiger charge is 2.17. The van der Waals surface area contributed by atoms with E-state index in [1.165, 1.54) is 0 Å². The van der Waals surface area contributed by atoms with Gasteiger partial charge in [-0.3, -0.25) is 4.79 Å². The number of benzene rings is 2. The third-order valence-corrected chi connectivity index (χ3v) is 4.50. The number of hydrogen-bond acceptors (Lipinski definition) is 8. The van der Waals surface area contributed by atoms with Crippen molar-refractivity contribution in [3.8, 4) is 11.5 Å². The van der Waals surface area contributed by atoms with Crippen LogP contribution in [0.5, 0.6) is 11.5 Å². The quantitative estimate of drug-likeness (QED) is 0.378. The van der Waals surface area contributed by atoms with E-state index >= 15 is 0 Å². The normalized spacial score (nSPS) is 13.9. The maximum absolute atomic E-state index is 12.1. The molecular weight excluding hydrogens is 390 g/mol. The van der Waals surface area contributed by atoms with Crippen molar-refractivity contribution in [3.05, 3.63) is 64.2 Å². The lowest BCUT2D eigenvalue weighted by molar-refractivity contribution is -0.154. The Morgan fingerprint density at radius 2 is 2.03 bits per heavy atom. The summed E-state index contributed by atoms with van der Waals surface area (Å²) in [5.74, 6) is 0.921. The number of nitrogens with one attached hydrogen (secondary N) is 1. The minimum Gasteiger partial charge on any atom is -0.454 e. The Morgan fingerprint density at radius 1 is 1.23 bits per heavy atom. The van der Waals surface area contributed by atoms with Gasteiger partial charge in [0.1, 0.15) is 0 Å².